The van der Waals surface area contributed by atoms with E-state index in [2.05, 4.69) is 41.4 Å². The second-order valence-corrected chi connectivity index (χ2v) is 5.81. The third-order valence-electron chi connectivity index (χ3n) is 3.13. The van der Waals surface area contributed by atoms with Crippen molar-refractivity contribution >= 4 is 11.7 Å². The van der Waals surface area contributed by atoms with E-state index in [-0.39, 0.29) is 11.3 Å². The van der Waals surface area contributed by atoms with Crippen LogP contribution in [0.5, 0.6) is 0 Å². The molecule has 0 spiro atoms. The van der Waals surface area contributed by atoms with Crippen LogP contribution in [0.15, 0.2) is 12.4 Å². The van der Waals surface area contributed by atoms with E-state index in [0.717, 1.165) is 19.4 Å². The Morgan fingerprint density at radius 2 is 2.14 bits per heavy atom. The van der Waals surface area contributed by atoms with Crippen LogP contribution in [0.4, 0.5) is 5.82 Å². The lowest BCUT2D eigenvalue weighted by molar-refractivity contribution is 0.0915. The van der Waals surface area contributed by atoms with E-state index in [0.29, 0.717) is 24.7 Å². The summed E-state index contributed by atoms with van der Waals surface area (Å²) in [6.45, 7) is 8.32. The number of rotatable bonds is 9. The summed E-state index contributed by atoms with van der Waals surface area (Å²) in [5, 5.41) is 6.03. The summed E-state index contributed by atoms with van der Waals surface area (Å²) >= 11 is 0. The molecule has 0 bridgehead atoms. The molecule has 118 valence electrons. The van der Waals surface area contributed by atoms with E-state index in [4.69, 9.17) is 4.74 Å². The van der Waals surface area contributed by atoms with E-state index in [1.807, 2.05) is 0 Å². The highest BCUT2D eigenvalue weighted by atomic mass is 16.5. The molecule has 1 heterocycles. The Bertz CT molecular complexity index is 449. The van der Waals surface area contributed by atoms with E-state index < -0.39 is 0 Å². The summed E-state index contributed by atoms with van der Waals surface area (Å²) in [7, 11) is 1.68. The molecule has 0 atom stereocenters. The zero-order valence-electron chi connectivity index (χ0n) is 13.4. The summed E-state index contributed by atoms with van der Waals surface area (Å²) in [4.78, 5) is 20.4. The van der Waals surface area contributed by atoms with Gasteiger partial charge in [-0.25, -0.2) is 4.98 Å². The zero-order valence-corrected chi connectivity index (χ0v) is 13.4. The fourth-order valence-electron chi connectivity index (χ4n) is 1.69. The lowest BCUT2D eigenvalue weighted by Gasteiger charge is -2.24. The molecule has 6 nitrogen and oxygen atoms in total. The Morgan fingerprint density at radius 1 is 1.38 bits per heavy atom. The van der Waals surface area contributed by atoms with Crippen LogP contribution in [0.1, 0.15) is 44.1 Å². The standard InChI is InChI=1S/C15H26N4O2/c1-5-7-17-13-10-16-9-12(19-13)14(20)18-11-15(2,3)6-8-21-4/h9-10H,5-8,11H2,1-4H3,(H,17,19)(H,18,20). The van der Waals surface area contributed by atoms with Gasteiger partial charge in [-0.3, -0.25) is 9.78 Å². The molecule has 0 unspecified atom stereocenters. The van der Waals surface area contributed by atoms with Crippen molar-refractivity contribution in [2.75, 3.05) is 32.1 Å². The Morgan fingerprint density at radius 3 is 2.81 bits per heavy atom. The Kier molecular flexibility index (Phi) is 7.08. The quantitative estimate of drug-likeness (QED) is 0.729. The normalized spacial score (nSPS) is 11.2. The van der Waals surface area contributed by atoms with Gasteiger partial charge in [0, 0.05) is 26.8 Å². The van der Waals surface area contributed by atoms with Gasteiger partial charge in [0.15, 0.2) is 0 Å². The molecule has 1 aromatic rings. The van der Waals surface area contributed by atoms with Crippen LogP contribution in [-0.2, 0) is 4.74 Å². The van der Waals surface area contributed by atoms with E-state index in [1.165, 1.54) is 6.20 Å². The van der Waals surface area contributed by atoms with Gasteiger partial charge in [0.2, 0.25) is 0 Å². The third-order valence-corrected chi connectivity index (χ3v) is 3.13. The molecule has 21 heavy (non-hydrogen) atoms. The minimum absolute atomic E-state index is 0.0167. The van der Waals surface area contributed by atoms with Gasteiger partial charge in [-0.15, -0.1) is 0 Å². The van der Waals surface area contributed by atoms with E-state index in [1.54, 1.807) is 13.3 Å². The van der Waals surface area contributed by atoms with Crippen LogP contribution in [0.2, 0.25) is 0 Å². The van der Waals surface area contributed by atoms with Gasteiger partial charge in [-0.2, -0.15) is 0 Å². The first-order valence-electron chi connectivity index (χ1n) is 7.31. The smallest absolute Gasteiger partial charge is 0.271 e. The summed E-state index contributed by atoms with van der Waals surface area (Å²) in [6.07, 6.45) is 4.98. The van der Waals surface area contributed by atoms with Gasteiger partial charge in [0.25, 0.3) is 5.91 Å². The Hall–Kier alpha value is -1.69. The minimum Gasteiger partial charge on any atom is -0.385 e. The first-order valence-corrected chi connectivity index (χ1v) is 7.31. The highest BCUT2D eigenvalue weighted by Crippen LogP contribution is 2.18. The molecular formula is C15H26N4O2. The SMILES string of the molecule is CCCNc1cncc(C(=O)NCC(C)(C)CCOC)n1. The number of nitrogens with one attached hydrogen (secondary N) is 2. The fraction of sp³-hybridized carbons (Fsp3) is 0.667. The monoisotopic (exact) mass is 294 g/mol. The van der Waals surface area contributed by atoms with Crippen molar-refractivity contribution in [2.45, 2.75) is 33.6 Å². The number of amides is 1. The van der Waals surface area contributed by atoms with Crippen LogP contribution in [-0.4, -0.2) is 42.7 Å². The molecule has 1 rings (SSSR count). The zero-order chi connectivity index (χ0) is 15.7. The van der Waals surface area contributed by atoms with E-state index in [9.17, 15) is 4.79 Å². The maximum Gasteiger partial charge on any atom is 0.271 e. The largest absolute Gasteiger partial charge is 0.385 e. The number of hydrogen-bond donors (Lipinski definition) is 2. The second-order valence-electron chi connectivity index (χ2n) is 5.81. The van der Waals surface area contributed by atoms with Crippen molar-refractivity contribution < 1.29 is 9.53 Å². The average molecular weight is 294 g/mol. The van der Waals surface area contributed by atoms with Gasteiger partial charge in [-0.1, -0.05) is 20.8 Å². The molecule has 0 aliphatic heterocycles. The molecule has 6 heteroatoms. The number of ether oxygens (including phenoxy) is 1. The maximum atomic E-state index is 12.1. The molecule has 1 aromatic heterocycles. The van der Waals surface area contributed by atoms with Gasteiger partial charge < -0.3 is 15.4 Å². The van der Waals surface area contributed by atoms with Crippen LogP contribution in [0, 0.1) is 5.41 Å². The lowest BCUT2D eigenvalue weighted by Crippen LogP contribution is -2.35. The fourth-order valence-corrected chi connectivity index (χ4v) is 1.69. The number of hydrogen-bond acceptors (Lipinski definition) is 5. The van der Waals surface area contributed by atoms with Crippen molar-refractivity contribution in [3.05, 3.63) is 18.1 Å². The third kappa shape index (κ3) is 6.53. The molecule has 0 aliphatic carbocycles. The first-order chi connectivity index (χ1) is 9.98. The number of aromatic nitrogens is 2. The Labute approximate surface area is 126 Å². The molecule has 2 N–H and O–H groups in total. The van der Waals surface area contributed by atoms with Crippen LogP contribution < -0.4 is 10.6 Å². The summed E-state index contributed by atoms with van der Waals surface area (Å²) in [5.41, 5.74) is 0.315. The highest BCUT2D eigenvalue weighted by molar-refractivity contribution is 5.92. The molecule has 0 fully saturated rings. The molecule has 0 saturated heterocycles. The van der Waals surface area contributed by atoms with Gasteiger partial charge >= 0.3 is 0 Å². The predicted octanol–water partition coefficient (Wildman–Crippen LogP) is 2.09. The summed E-state index contributed by atoms with van der Waals surface area (Å²) in [6, 6.07) is 0. The molecule has 0 aromatic carbocycles. The van der Waals surface area contributed by atoms with Crippen molar-refractivity contribution in [2.24, 2.45) is 5.41 Å². The van der Waals surface area contributed by atoms with E-state index >= 15 is 0 Å². The molecule has 1 amide bonds. The minimum atomic E-state index is -0.201. The lowest BCUT2D eigenvalue weighted by atomic mass is 9.90. The highest BCUT2D eigenvalue weighted by Gasteiger charge is 2.19. The molecule has 0 radical (unpaired) electrons. The van der Waals surface area contributed by atoms with Gasteiger partial charge in [0.1, 0.15) is 11.5 Å². The average Bonchev–Trinajstić information content (AvgIpc) is 2.49. The van der Waals surface area contributed by atoms with Crippen LogP contribution >= 0.6 is 0 Å². The number of methoxy groups -OCH3 is 1. The molecule has 0 saturated carbocycles. The predicted molar refractivity (Wildman–Crippen MR) is 83.4 cm³/mol. The van der Waals surface area contributed by atoms with Crippen LogP contribution in [0.3, 0.4) is 0 Å². The van der Waals surface area contributed by atoms with Crippen molar-refractivity contribution in [1.82, 2.24) is 15.3 Å². The topological polar surface area (TPSA) is 76.1 Å². The van der Waals surface area contributed by atoms with Crippen molar-refractivity contribution in [3.8, 4) is 0 Å². The summed E-state index contributed by atoms with van der Waals surface area (Å²) in [5.74, 6) is 0.427. The second kappa shape index (κ2) is 8.56. The van der Waals surface area contributed by atoms with Crippen molar-refractivity contribution in [1.29, 1.82) is 0 Å². The van der Waals surface area contributed by atoms with Gasteiger partial charge in [-0.05, 0) is 18.3 Å². The van der Waals surface area contributed by atoms with Gasteiger partial charge in [0.05, 0.1) is 12.4 Å². The maximum absolute atomic E-state index is 12.1. The number of anilines is 1. The van der Waals surface area contributed by atoms with Crippen molar-refractivity contribution in [3.63, 3.8) is 0 Å². The Balaban J connectivity index is 2.55. The number of nitrogens with zero attached hydrogens (tertiary/aromatic N) is 2. The van der Waals surface area contributed by atoms with Crippen LogP contribution in [0.25, 0.3) is 0 Å². The molecule has 0 aliphatic rings. The number of carbonyl (C=O) groups is 1. The summed E-state index contributed by atoms with van der Waals surface area (Å²) < 4.78 is 5.08. The number of carbonyl (C=O) groups excluding carboxylic acids is 1. The molecular weight excluding hydrogens is 268 g/mol. The first kappa shape index (κ1) is 17.4.